The van der Waals surface area contributed by atoms with E-state index in [1.165, 1.54) is 6.07 Å². The van der Waals surface area contributed by atoms with Crippen LogP contribution in [-0.4, -0.2) is 24.0 Å². The SMILES string of the molecule is COC(=O)c1cc(C(=O)OCc2ccc(Br)cc2)cc([N+](=O)[O-])c1. The molecule has 0 bridgehead atoms. The molecule has 0 fully saturated rings. The Labute approximate surface area is 145 Å². The lowest BCUT2D eigenvalue weighted by atomic mass is 10.1. The molecule has 0 aromatic heterocycles. The van der Waals surface area contributed by atoms with E-state index in [2.05, 4.69) is 20.7 Å². The molecule has 2 rings (SSSR count). The first-order valence-corrected chi connectivity index (χ1v) is 7.49. The first-order valence-electron chi connectivity index (χ1n) is 6.70. The molecule has 0 radical (unpaired) electrons. The number of esters is 2. The van der Waals surface area contributed by atoms with Crippen molar-refractivity contribution >= 4 is 33.6 Å². The summed E-state index contributed by atoms with van der Waals surface area (Å²) in [6, 6.07) is 10.4. The van der Waals surface area contributed by atoms with E-state index in [0.29, 0.717) is 0 Å². The lowest BCUT2D eigenvalue weighted by Gasteiger charge is -2.07. The van der Waals surface area contributed by atoms with Crippen molar-refractivity contribution in [3.05, 3.63) is 73.7 Å². The predicted octanol–water partition coefficient (Wildman–Crippen LogP) is 3.50. The van der Waals surface area contributed by atoms with Crippen molar-refractivity contribution in [1.29, 1.82) is 0 Å². The van der Waals surface area contributed by atoms with Crippen molar-refractivity contribution in [1.82, 2.24) is 0 Å². The van der Waals surface area contributed by atoms with Crippen LogP contribution in [0.2, 0.25) is 0 Å². The van der Waals surface area contributed by atoms with E-state index in [0.717, 1.165) is 29.3 Å². The first kappa shape index (κ1) is 17.6. The van der Waals surface area contributed by atoms with Crippen molar-refractivity contribution in [3.63, 3.8) is 0 Å². The summed E-state index contributed by atoms with van der Waals surface area (Å²) in [6.45, 7) is 0.00234. The maximum absolute atomic E-state index is 12.1. The second-order valence-corrected chi connectivity index (χ2v) is 5.64. The highest BCUT2D eigenvalue weighted by Gasteiger charge is 2.19. The molecule has 0 N–H and O–H groups in total. The second kappa shape index (κ2) is 7.69. The van der Waals surface area contributed by atoms with Gasteiger partial charge in [0.25, 0.3) is 5.69 Å². The fourth-order valence-electron chi connectivity index (χ4n) is 1.88. The van der Waals surface area contributed by atoms with Crippen LogP contribution in [0.5, 0.6) is 0 Å². The number of rotatable bonds is 5. The van der Waals surface area contributed by atoms with Gasteiger partial charge in [0.15, 0.2) is 0 Å². The van der Waals surface area contributed by atoms with Crippen molar-refractivity contribution < 1.29 is 24.0 Å². The van der Waals surface area contributed by atoms with Crippen molar-refractivity contribution in [3.8, 4) is 0 Å². The molecule has 0 aliphatic heterocycles. The van der Waals surface area contributed by atoms with E-state index in [1.807, 2.05) is 0 Å². The quantitative estimate of drug-likeness (QED) is 0.438. The van der Waals surface area contributed by atoms with E-state index in [4.69, 9.17) is 4.74 Å². The second-order valence-electron chi connectivity index (χ2n) is 4.72. The summed E-state index contributed by atoms with van der Waals surface area (Å²) in [5, 5.41) is 10.9. The molecule has 2 aromatic carbocycles. The van der Waals surface area contributed by atoms with Gasteiger partial charge in [0.1, 0.15) is 6.61 Å². The summed E-state index contributed by atoms with van der Waals surface area (Å²) < 4.78 is 10.5. The number of nitrogens with zero attached hydrogens (tertiary/aromatic N) is 1. The minimum atomic E-state index is -0.777. The fraction of sp³-hybridized carbons (Fsp3) is 0.125. The van der Waals surface area contributed by atoms with Crippen molar-refractivity contribution in [2.24, 2.45) is 0 Å². The molecule has 2 aromatic rings. The van der Waals surface area contributed by atoms with Crippen LogP contribution in [0.1, 0.15) is 26.3 Å². The molecule has 0 saturated carbocycles. The fourth-order valence-corrected chi connectivity index (χ4v) is 2.15. The molecule has 0 aliphatic carbocycles. The average Bonchev–Trinajstić information content (AvgIpc) is 2.59. The van der Waals surface area contributed by atoms with Gasteiger partial charge in [-0.05, 0) is 23.8 Å². The van der Waals surface area contributed by atoms with Crippen LogP contribution >= 0.6 is 15.9 Å². The highest BCUT2D eigenvalue weighted by Crippen LogP contribution is 2.19. The van der Waals surface area contributed by atoms with Crippen LogP contribution in [-0.2, 0) is 16.1 Å². The number of ether oxygens (including phenoxy) is 2. The number of carbonyl (C=O) groups is 2. The first-order chi connectivity index (χ1) is 11.4. The number of hydrogen-bond donors (Lipinski definition) is 0. The summed E-state index contributed by atoms with van der Waals surface area (Å²) in [5.74, 6) is -1.55. The molecule has 0 spiro atoms. The summed E-state index contributed by atoms with van der Waals surface area (Å²) in [6.07, 6.45) is 0. The number of nitro benzene ring substituents is 1. The van der Waals surface area contributed by atoms with Gasteiger partial charge in [-0.25, -0.2) is 9.59 Å². The van der Waals surface area contributed by atoms with E-state index < -0.39 is 22.5 Å². The van der Waals surface area contributed by atoms with E-state index >= 15 is 0 Å². The van der Waals surface area contributed by atoms with Crippen LogP contribution in [0.3, 0.4) is 0 Å². The third kappa shape index (κ3) is 4.39. The van der Waals surface area contributed by atoms with Gasteiger partial charge in [-0.1, -0.05) is 28.1 Å². The average molecular weight is 394 g/mol. The minimum Gasteiger partial charge on any atom is -0.465 e. The predicted molar refractivity (Wildman–Crippen MR) is 87.7 cm³/mol. The van der Waals surface area contributed by atoms with Crippen LogP contribution in [0, 0.1) is 10.1 Å². The third-order valence-electron chi connectivity index (χ3n) is 3.07. The molecule has 0 atom stereocenters. The molecule has 0 amide bonds. The number of nitro groups is 1. The Hall–Kier alpha value is -2.74. The highest BCUT2D eigenvalue weighted by atomic mass is 79.9. The molecule has 0 heterocycles. The molecule has 0 saturated heterocycles. The van der Waals surface area contributed by atoms with Gasteiger partial charge in [0.2, 0.25) is 0 Å². The van der Waals surface area contributed by atoms with Gasteiger partial charge in [-0.2, -0.15) is 0 Å². The third-order valence-corrected chi connectivity index (χ3v) is 3.60. The van der Waals surface area contributed by atoms with Gasteiger partial charge in [0.05, 0.1) is 23.2 Å². The van der Waals surface area contributed by atoms with Gasteiger partial charge in [-0.15, -0.1) is 0 Å². The lowest BCUT2D eigenvalue weighted by molar-refractivity contribution is -0.384. The molecule has 124 valence electrons. The summed E-state index contributed by atoms with van der Waals surface area (Å²) in [4.78, 5) is 33.9. The minimum absolute atomic E-state index is 0.00234. The number of non-ortho nitro benzene ring substituents is 1. The highest BCUT2D eigenvalue weighted by molar-refractivity contribution is 9.10. The maximum Gasteiger partial charge on any atom is 0.338 e. The van der Waals surface area contributed by atoms with Crippen LogP contribution in [0.25, 0.3) is 0 Å². The number of hydrogen-bond acceptors (Lipinski definition) is 6. The zero-order chi connectivity index (χ0) is 17.7. The smallest absolute Gasteiger partial charge is 0.338 e. The van der Waals surface area contributed by atoms with Crippen molar-refractivity contribution in [2.45, 2.75) is 6.61 Å². The number of benzene rings is 2. The molecule has 24 heavy (non-hydrogen) atoms. The molecular formula is C16H12BrNO6. The number of halogens is 1. The number of methoxy groups -OCH3 is 1. The van der Waals surface area contributed by atoms with Gasteiger partial charge in [-0.3, -0.25) is 10.1 Å². The van der Waals surface area contributed by atoms with Gasteiger partial charge in [0, 0.05) is 16.6 Å². The molecule has 8 heteroatoms. The normalized spacial score (nSPS) is 10.1. The Balaban J connectivity index is 2.21. The Kier molecular flexibility index (Phi) is 5.64. The number of carbonyl (C=O) groups excluding carboxylic acids is 2. The monoisotopic (exact) mass is 393 g/mol. The van der Waals surface area contributed by atoms with Crippen LogP contribution < -0.4 is 0 Å². The van der Waals surface area contributed by atoms with Crippen molar-refractivity contribution in [2.75, 3.05) is 7.11 Å². The van der Waals surface area contributed by atoms with Gasteiger partial charge >= 0.3 is 11.9 Å². The summed E-state index contributed by atoms with van der Waals surface area (Å²) >= 11 is 3.30. The standard InChI is InChI=1S/C16H12BrNO6/c1-23-15(19)11-6-12(8-14(7-11)18(21)22)16(20)24-9-10-2-4-13(17)5-3-10/h2-8H,9H2,1H3. The summed E-state index contributed by atoms with van der Waals surface area (Å²) in [5.41, 5.74) is 0.169. The van der Waals surface area contributed by atoms with Crippen LogP contribution in [0.4, 0.5) is 5.69 Å². The van der Waals surface area contributed by atoms with Crippen LogP contribution in [0.15, 0.2) is 46.9 Å². The summed E-state index contributed by atoms with van der Waals surface area (Å²) in [7, 11) is 1.15. The zero-order valence-electron chi connectivity index (χ0n) is 12.5. The molecular weight excluding hydrogens is 382 g/mol. The topological polar surface area (TPSA) is 95.7 Å². The van der Waals surface area contributed by atoms with E-state index in [9.17, 15) is 19.7 Å². The van der Waals surface area contributed by atoms with Gasteiger partial charge < -0.3 is 9.47 Å². The maximum atomic E-state index is 12.1. The zero-order valence-corrected chi connectivity index (χ0v) is 14.1. The van der Waals surface area contributed by atoms with E-state index in [-0.39, 0.29) is 17.7 Å². The van der Waals surface area contributed by atoms with E-state index in [1.54, 1.807) is 24.3 Å². The largest absolute Gasteiger partial charge is 0.465 e. The molecule has 0 unspecified atom stereocenters. The Morgan fingerprint density at radius 1 is 1.08 bits per heavy atom. The lowest BCUT2D eigenvalue weighted by Crippen LogP contribution is -2.09. The molecule has 0 aliphatic rings. The Morgan fingerprint density at radius 2 is 1.67 bits per heavy atom. The Morgan fingerprint density at radius 3 is 2.21 bits per heavy atom. The Bertz CT molecular complexity index is 788. The molecule has 7 nitrogen and oxygen atoms in total.